The normalized spacial score (nSPS) is 17.9. The van der Waals surface area contributed by atoms with Gasteiger partial charge in [-0.05, 0) is 53.0 Å². The molecule has 0 radical (unpaired) electrons. The van der Waals surface area contributed by atoms with Gasteiger partial charge in [0.15, 0.2) is 0 Å². The van der Waals surface area contributed by atoms with Gasteiger partial charge in [0.1, 0.15) is 0 Å². The van der Waals surface area contributed by atoms with E-state index in [0.717, 1.165) is 0 Å². The smallest absolute Gasteiger partial charge is 0.511 e. The van der Waals surface area contributed by atoms with Crippen molar-refractivity contribution in [1.82, 2.24) is 19.6 Å². The van der Waals surface area contributed by atoms with Gasteiger partial charge >= 0.3 is 19.5 Å². The predicted molar refractivity (Wildman–Crippen MR) is 57.9 cm³/mol. The molecule has 2 aliphatic heterocycles. The molecule has 0 N–H and O–H groups in total. The van der Waals surface area contributed by atoms with Crippen LogP contribution in [0, 0.1) is 13.3 Å². The molecule has 15 heavy (non-hydrogen) atoms. The van der Waals surface area contributed by atoms with Crippen molar-refractivity contribution >= 4 is 0 Å². The van der Waals surface area contributed by atoms with Gasteiger partial charge in [0.25, 0.3) is 0 Å². The molecule has 0 fully saturated rings. The molecule has 2 rings (SSSR count). The monoisotopic (exact) mass is 296 g/mol. The van der Waals surface area contributed by atoms with Crippen molar-refractivity contribution in [2.75, 3.05) is 28.2 Å². The van der Waals surface area contributed by atoms with E-state index in [1.165, 1.54) is 0 Å². The Balaban J connectivity index is 0.000000245. The van der Waals surface area contributed by atoms with E-state index in [2.05, 4.69) is 0 Å². The van der Waals surface area contributed by atoms with Crippen molar-refractivity contribution in [3.63, 3.8) is 0 Å². The van der Waals surface area contributed by atoms with Gasteiger partial charge in [-0.15, -0.1) is 0 Å². The van der Waals surface area contributed by atoms with Crippen molar-refractivity contribution < 1.29 is 19.5 Å². The molecular weight excluding hydrogens is 277 g/mol. The molecule has 2 aliphatic rings. The molecule has 0 atom stereocenters. The third kappa shape index (κ3) is 5.68. The Kier molecular flexibility index (Phi) is 6.41. The first-order valence-corrected chi connectivity index (χ1v) is 4.52. The molecule has 2 heterocycles. The molecular formula is C10H18N4Ru. The fourth-order valence-corrected chi connectivity index (χ4v) is 1.15. The van der Waals surface area contributed by atoms with E-state index in [9.17, 15) is 0 Å². The Morgan fingerprint density at radius 3 is 0.867 bits per heavy atom. The van der Waals surface area contributed by atoms with Crippen LogP contribution in [-0.4, -0.2) is 47.8 Å². The van der Waals surface area contributed by atoms with Crippen molar-refractivity contribution in [3.8, 4) is 0 Å². The maximum absolute atomic E-state index is 2.00. The summed E-state index contributed by atoms with van der Waals surface area (Å²) >= 11 is 0. The first-order chi connectivity index (χ1) is 6.58. The van der Waals surface area contributed by atoms with Gasteiger partial charge in [-0.1, -0.05) is 0 Å². The van der Waals surface area contributed by atoms with Crippen LogP contribution in [0.2, 0.25) is 0 Å². The maximum Gasteiger partial charge on any atom is 2.00 e. The molecule has 4 nitrogen and oxygen atoms in total. The van der Waals surface area contributed by atoms with Gasteiger partial charge in [-0.2, -0.15) is 13.3 Å². The number of hydrogen-bond donors (Lipinski definition) is 0. The fourth-order valence-electron chi connectivity index (χ4n) is 1.15. The summed E-state index contributed by atoms with van der Waals surface area (Å²) in [5, 5.41) is 0. The molecule has 0 aliphatic carbocycles. The zero-order valence-corrected chi connectivity index (χ0v) is 11.3. The van der Waals surface area contributed by atoms with E-state index >= 15 is 0 Å². The second-order valence-electron chi connectivity index (χ2n) is 3.49. The SMILES string of the molecule is CN1C=CN(C)[CH-]1.CN1C=CN(C)[CH-]1.[Ru+2]. The van der Waals surface area contributed by atoms with Crippen LogP contribution in [0.5, 0.6) is 0 Å². The van der Waals surface area contributed by atoms with Gasteiger partial charge in [0.05, 0.1) is 0 Å². The topological polar surface area (TPSA) is 13.0 Å². The summed E-state index contributed by atoms with van der Waals surface area (Å²) in [6, 6.07) is 0. The molecule has 0 spiro atoms. The average molecular weight is 295 g/mol. The van der Waals surface area contributed by atoms with Crippen molar-refractivity contribution in [3.05, 3.63) is 38.1 Å². The maximum atomic E-state index is 2.00. The van der Waals surface area contributed by atoms with E-state index in [1.807, 2.05) is 85.9 Å². The molecule has 0 saturated carbocycles. The minimum absolute atomic E-state index is 0. The molecule has 0 aromatic rings. The van der Waals surface area contributed by atoms with E-state index in [-0.39, 0.29) is 19.5 Å². The summed E-state index contributed by atoms with van der Waals surface area (Å²) in [4.78, 5) is 8.00. The zero-order chi connectivity index (χ0) is 10.6. The van der Waals surface area contributed by atoms with Crippen LogP contribution in [0.3, 0.4) is 0 Å². The van der Waals surface area contributed by atoms with Crippen molar-refractivity contribution in [2.45, 2.75) is 0 Å². The minimum atomic E-state index is 0. The van der Waals surface area contributed by atoms with Gasteiger partial charge < -0.3 is 19.6 Å². The summed E-state index contributed by atoms with van der Waals surface area (Å²) in [7, 11) is 8.00. The standard InChI is InChI=1S/2C5H9N2.Ru/c2*1-6-3-4-7(2)5-6;/h2*3-5H,1-2H3;/q2*-1;+2. The van der Waals surface area contributed by atoms with Gasteiger partial charge in [-0.3, -0.25) is 0 Å². The predicted octanol–water partition coefficient (Wildman–Crippen LogP) is 0.906. The van der Waals surface area contributed by atoms with Crippen molar-refractivity contribution in [2.24, 2.45) is 0 Å². The largest absolute Gasteiger partial charge is 2.00 e. The third-order valence-electron chi connectivity index (χ3n) is 1.80. The molecule has 0 aromatic carbocycles. The first kappa shape index (κ1) is 14.3. The fraction of sp³-hybridized carbons (Fsp3) is 0.400. The molecule has 5 heteroatoms. The van der Waals surface area contributed by atoms with E-state index in [4.69, 9.17) is 0 Å². The Hall–Kier alpha value is -0.697. The minimum Gasteiger partial charge on any atom is -0.511 e. The van der Waals surface area contributed by atoms with Crippen LogP contribution in [0.25, 0.3) is 0 Å². The van der Waals surface area contributed by atoms with Crippen LogP contribution in [-0.2, 0) is 19.5 Å². The molecule has 0 amide bonds. The van der Waals surface area contributed by atoms with Crippen LogP contribution in [0.15, 0.2) is 24.8 Å². The quantitative estimate of drug-likeness (QED) is 0.486. The van der Waals surface area contributed by atoms with Crippen molar-refractivity contribution in [1.29, 1.82) is 0 Å². The Morgan fingerprint density at radius 2 is 0.800 bits per heavy atom. The van der Waals surface area contributed by atoms with Crippen LogP contribution < -0.4 is 0 Å². The summed E-state index contributed by atoms with van der Waals surface area (Å²) in [6.45, 7) is 4.00. The van der Waals surface area contributed by atoms with E-state index in [0.29, 0.717) is 0 Å². The van der Waals surface area contributed by atoms with E-state index < -0.39 is 0 Å². The first-order valence-electron chi connectivity index (χ1n) is 4.52. The summed E-state index contributed by atoms with van der Waals surface area (Å²) in [5.74, 6) is 0. The summed E-state index contributed by atoms with van der Waals surface area (Å²) in [5.41, 5.74) is 0. The Bertz CT molecular complexity index is 185. The number of nitrogens with zero attached hydrogens (tertiary/aromatic N) is 4. The third-order valence-corrected chi connectivity index (χ3v) is 1.80. The molecule has 0 bridgehead atoms. The average Bonchev–Trinajstić information content (AvgIpc) is 2.63. The number of hydrogen-bond acceptors (Lipinski definition) is 4. The van der Waals surface area contributed by atoms with Crippen LogP contribution in [0.1, 0.15) is 0 Å². The van der Waals surface area contributed by atoms with Gasteiger partial charge in [-0.25, -0.2) is 0 Å². The Labute approximate surface area is 106 Å². The van der Waals surface area contributed by atoms with Gasteiger partial charge in [0.2, 0.25) is 0 Å². The molecule has 86 valence electrons. The number of rotatable bonds is 0. The summed E-state index contributed by atoms with van der Waals surface area (Å²) in [6.07, 6.45) is 8.00. The van der Waals surface area contributed by atoms with Gasteiger partial charge in [0, 0.05) is 0 Å². The summed E-state index contributed by atoms with van der Waals surface area (Å²) < 4.78 is 0. The molecule has 0 saturated heterocycles. The van der Waals surface area contributed by atoms with E-state index in [1.54, 1.807) is 0 Å². The van der Waals surface area contributed by atoms with Crippen LogP contribution >= 0.6 is 0 Å². The van der Waals surface area contributed by atoms with Crippen LogP contribution in [0.4, 0.5) is 0 Å². The Morgan fingerprint density at radius 1 is 0.600 bits per heavy atom. The second kappa shape index (κ2) is 6.73. The molecule has 0 unspecified atom stereocenters. The molecule has 0 aromatic heterocycles. The second-order valence-corrected chi connectivity index (χ2v) is 3.49. The zero-order valence-electron chi connectivity index (χ0n) is 9.61.